The molecule has 0 saturated heterocycles. The summed E-state index contributed by atoms with van der Waals surface area (Å²) in [5, 5.41) is 10.2. The van der Waals surface area contributed by atoms with Gasteiger partial charge in [0.05, 0.1) is 6.54 Å². The highest BCUT2D eigenvalue weighted by Gasteiger charge is 2.05. The zero-order valence-corrected chi connectivity index (χ0v) is 16.9. The van der Waals surface area contributed by atoms with E-state index in [0.717, 1.165) is 0 Å². The van der Waals surface area contributed by atoms with E-state index in [1.165, 1.54) is 16.0 Å². The minimum absolute atomic E-state index is 0. The van der Waals surface area contributed by atoms with Crippen LogP contribution in [0.5, 0.6) is 0 Å². The lowest BCUT2D eigenvalue weighted by Crippen LogP contribution is -2.36. The number of rotatable bonds is 5. The van der Waals surface area contributed by atoms with Crippen LogP contribution in [0.2, 0.25) is 0 Å². The van der Waals surface area contributed by atoms with Crippen LogP contribution < -0.4 is 10.6 Å². The summed E-state index contributed by atoms with van der Waals surface area (Å²) in [4.78, 5) is 9.63. The molecule has 126 valence electrons. The normalized spacial score (nSPS) is 11.0. The number of aliphatic imine (C=N–C) groups is 1. The van der Waals surface area contributed by atoms with Crippen LogP contribution in [0, 0.1) is 13.8 Å². The highest BCUT2D eigenvalue weighted by molar-refractivity contribution is 14.0. The molecule has 0 amide bonds. The van der Waals surface area contributed by atoms with Gasteiger partial charge in [0.2, 0.25) is 5.89 Å². The summed E-state index contributed by atoms with van der Waals surface area (Å²) in [6, 6.07) is 6.46. The van der Waals surface area contributed by atoms with Gasteiger partial charge in [0.15, 0.2) is 11.8 Å². The predicted octanol–water partition coefficient (Wildman–Crippen LogP) is 2.89. The van der Waals surface area contributed by atoms with Gasteiger partial charge in [-0.05, 0) is 37.3 Å². The van der Waals surface area contributed by atoms with E-state index in [4.69, 9.17) is 4.52 Å². The molecule has 23 heavy (non-hydrogen) atoms. The number of nitrogens with one attached hydrogen (secondary N) is 2. The lowest BCUT2D eigenvalue weighted by atomic mass is 10.1. The van der Waals surface area contributed by atoms with E-state index in [-0.39, 0.29) is 24.0 Å². The zero-order valence-electron chi connectivity index (χ0n) is 13.7. The van der Waals surface area contributed by atoms with Crippen molar-refractivity contribution in [3.05, 3.63) is 41.0 Å². The molecule has 0 bridgehead atoms. The third kappa shape index (κ3) is 6.02. The van der Waals surface area contributed by atoms with E-state index in [1.807, 2.05) is 0 Å². The fourth-order valence-electron chi connectivity index (χ4n) is 2.03. The average Bonchev–Trinajstić information content (AvgIpc) is 2.93. The van der Waals surface area contributed by atoms with Crippen molar-refractivity contribution in [2.75, 3.05) is 13.3 Å². The number of nitrogens with zero attached hydrogens (tertiary/aromatic N) is 3. The molecule has 1 aromatic heterocycles. The van der Waals surface area contributed by atoms with Crippen LogP contribution in [0.25, 0.3) is 0 Å². The van der Waals surface area contributed by atoms with Crippen LogP contribution in [0.15, 0.2) is 32.6 Å². The predicted molar refractivity (Wildman–Crippen MR) is 104 cm³/mol. The number of hydrogen-bond acceptors (Lipinski definition) is 5. The molecule has 2 rings (SSSR count). The van der Waals surface area contributed by atoms with Crippen molar-refractivity contribution < 1.29 is 4.52 Å². The molecule has 2 N–H and O–H groups in total. The quantitative estimate of drug-likeness (QED) is 0.318. The van der Waals surface area contributed by atoms with Crippen molar-refractivity contribution in [2.24, 2.45) is 4.99 Å². The summed E-state index contributed by atoms with van der Waals surface area (Å²) < 4.78 is 5.05. The summed E-state index contributed by atoms with van der Waals surface area (Å²) in [6.45, 7) is 5.07. The number of guanidine groups is 1. The van der Waals surface area contributed by atoms with Crippen molar-refractivity contribution in [3.63, 3.8) is 0 Å². The van der Waals surface area contributed by atoms with Crippen LogP contribution in [0.1, 0.15) is 22.8 Å². The molecule has 2 aromatic rings. The minimum Gasteiger partial charge on any atom is -0.352 e. The Balaban J connectivity index is 0.00000264. The Bertz CT molecular complexity index is 659. The van der Waals surface area contributed by atoms with Crippen LogP contribution in [0.4, 0.5) is 0 Å². The van der Waals surface area contributed by atoms with Crippen LogP contribution in [-0.2, 0) is 13.1 Å². The Morgan fingerprint density at radius 3 is 2.57 bits per heavy atom. The summed E-state index contributed by atoms with van der Waals surface area (Å²) >= 11 is 1.76. The molecule has 0 spiro atoms. The maximum absolute atomic E-state index is 5.05. The molecule has 0 aliphatic heterocycles. The number of hydrogen-bond donors (Lipinski definition) is 2. The molecule has 0 aliphatic carbocycles. The topological polar surface area (TPSA) is 75.3 Å². The summed E-state index contributed by atoms with van der Waals surface area (Å²) in [6.07, 6.45) is 2.09. The van der Waals surface area contributed by atoms with Crippen molar-refractivity contribution in [3.8, 4) is 0 Å². The second kappa shape index (κ2) is 9.76. The summed E-state index contributed by atoms with van der Waals surface area (Å²) in [5.41, 5.74) is 2.50. The highest BCUT2D eigenvalue weighted by atomic mass is 127. The molecule has 6 nitrogen and oxygen atoms in total. The second-order valence-electron chi connectivity index (χ2n) is 4.82. The van der Waals surface area contributed by atoms with Crippen molar-refractivity contribution in [1.82, 2.24) is 20.8 Å². The first-order valence-corrected chi connectivity index (χ1v) is 8.22. The van der Waals surface area contributed by atoms with Gasteiger partial charge in [-0.25, -0.2) is 0 Å². The number of aryl methyl sites for hydroxylation is 2. The Morgan fingerprint density at radius 2 is 2.00 bits per heavy atom. The Labute approximate surface area is 157 Å². The number of halogens is 1. The first-order chi connectivity index (χ1) is 10.6. The molecule has 0 radical (unpaired) electrons. The van der Waals surface area contributed by atoms with Gasteiger partial charge >= 0.3 is 0 Å². The maximum atomic E-state index is 5.05. The Morgan fingerprint density at radius 1 is 1.26 bits per heavy atom. The molecule has 0 aliphatic rings. The summed E-state index contributed by atoms with van der Waals surface area (Å²) in [5.74, 6) is 1.87. The molecular formula is C15H22IN5OS. The molecule has 1 aromatic carbocycles. The molecule has 0 saturated carbocycles. The van der Waals surface area contributed by atoms with E-state index in [1.54, 1.807) is 25.7 Å². The largest absolute Gasteiger partial charge is 0.352 e. The number of benzene rings is 1. The number of aromatic nitrogens is 2. The van der Waals surface area contributed by atoms with Gasteiger partial charge in [0, 0.05) is 18.5 Å². The number of thioether (sulfide) groups is 1. The SMILES string of the molecule is CN=C(NCc1ccc(SC)c(C)c1)NCc1nc(C)no1.I. The third-order valence-electron chi connectivity index (χ3n) is 3.12. The van der Waals surface area contributed by atoms with E-state index in [0.29, 0.717) is 30.8 Å². The summed E-state index contributed by atoms with van der Waals surface area (Å²) in [7, 11) is 1.73. The average molecular weight is 447 g/mol. The molecule has 0 fully saturated rings. The van der Waals surface area contributed by atoms with E-state index < -0.39 is 0 Å². The monoisotopic (exact) mass is 447 g/mol. The first kappa shape index (κ1) is 19.8. The minimum atomic E-state index is 0. The third-order valence-corrected chi connectivity index (χ3v) is 4.02. The van der Waals surface area contributed by atoms with E-state index in [9.17, 15) is 0 Å². The van der Waals surface area contributed by atoms with Gasteiger partial charge in [0.1, 0.15) is 0 Å². The highest BCUT2D eigenvalue weighted by Crippen LogP contribution is 2.20. The van der Waals surface area contributed by atoms with Gasteiger partial charge in [-0.1, -0.05) is 17.3 Å². The standard InChI is InChI=1S/C15H21N5OS.HI/c1-10-7-12(5-6-13(10)22-4)8-17-15(16-3)18-9-14-19-11(2)20-21-14;/h5-7H,8-9H2,1-4H3,(H2,16,17,18);1H. The molecule has 0 atom stereocenters. The van der Waals surface area contributed by atoms with Gasteiger partial charge in [0.25, 0.3) is 0 Å². The van der Waals surface area contributed by atoms with Crippen molar-refractivity contribution in [2.45, 2.75) is 31.8 Å². The van der Waals surface area contributed by atoms with Gasteiger partial charge in [-0.2, -0.15) is 4.98 Å². The van der Waals surface area contributed by atoms with E-state index >= 15 is 0 Å². The fourth-order valence-corrected chi connectivity index (χ4v) is 2.61. The zero-order chi connectivity index (χ0) is 15.9. The smallest absolute Gasteiger partial charge is 0.246 e. The van der Waals surface area contributed by atoms with Crippen molar-refractivity contribution in [1.29, 1.82) is 0 Å². The van der Waals surface area contributed by atoms with E-state index in [2.05, 4.69) is 57.1 Å². The van der Waals surface area contributed by atoms with Crippen molar-refractivity contribution >= 4 is 41.7 Å². The lowest BCUT2D eigenvalue weighted by Gasteiger charge is -2.11. The lowest BCUT2D eigenvalue weighted by molar-refractivity contribution is 0.371. The van der Waals surface area contributed by atoms with Crippen LogP contribution in [0.3, 0.4) is 0 Å². The fraction of sp³-hybridized carbons (Fsp3) is 0.400. The van der Waals surface area contributed by atoms with Gasteiger partial charge in [-0.3, -0.25) is 4.99 Å². The Hall–Kier alpha value is -1.29. The molecule has 8 heteroatoms. The maximum Gasteiger partial charge on any atom is 0.246 e. The first-order valence-electron chi connectivity index (χ1n) is 6.99. The second-order valence-corrected chi connectivity index (χ2v) is 5.67. The molecule has 0 unspecified atom stereocenters. The molecular weight excluding hydrogens is 425 g/mol. The van der Waals surface area contributed by atoms with Gasteiger partial charge < -0.3 is 15.2 Å². The molecule has 1 heterocycles. The van der Waals surface area contributed by atoms with Crippen LogP contribution >= 0.6 is 35.7 Å². The Kier molecular flexibility index (Phi) is 8.38. The van der Waals surface area contributed by atoms with Gasteiger partial charge in [-0.15, -0.1) is 35.7 Å². The van der Waals surface area contributed by atoms with Crippen LogP contribution in [-0.4, -0.2) is 29.4 Å².